The lowest BCUT2D eigenvalue weighted by Crippen LogP contribution is -2.37. The van der Waals surface area contributed by atoms with Crippen LogP contribution in [0.5, 0.6) is 0 Å². The molecule has 0 heterocycles. The topological polar surface area (TPSA) is 40.5 Å². The summed E-state index contributed by atoms with van der Waals surface area (Å²) in [6.07, 6.45) is 2.70. The summed E-state index contributed by atoms with van der Waals surface area (Å²) in [7, 11) is 0. The third-order valence-corrected chi connectivity index (χ3v) is 2.76. The summed E-state index contributed by atoms with van der Waals surface area (Å²) in [6.45, 7) is 8.93. The van der Waals surface area contributed by atoms with E-state index in [-0.39, 0.29) is 12.0 Å². The molecule has 0 rings (SSSR count). The Morgan fingerprint density at radius 2 is 2.07 bits per heavy atom. The van der Waals surface area contributed by atoms with Gasteiger partial charge in [0.15, 0.2) is 0 Å². The molecule has 14 heavy (non-hydrogen) atoms. The molecule has 0 aliphatic heterocycles. The zero-order valence-corrected chi connectivity index (χ0v) is 9.62. The quantitative estimate of drug-likeness (QED) is 0.602. The van der Waals surface area contributed by atoms with Gasteiger partial charge in [0.25, 0.3) is 0 Å². The number of carbonyl (C=O) groups is 1. The van der Waals surface area contributed by atoms with Crippen LogP contribution in [0.4, 0.5) is 0 Å². The van der Waals surface area contributed by atoms with Crippen LogP contribution >= 0.6 is 0 Å². The molecule has 0 spiro atoms. The monoisotopic (exact) mass is 201 g/mol. The van der Waals surface area contributed by atoms with Gasteiger partial charge >= 0.3 is 0 Å². The predicted molar refractivity (Wildman–Crippen MR) is 58.3 cm³/mol. The molecule has 0 aliphatic rings. The van der Waals surface area contributed by atoms with E-state index in [1.807, 2.05) is 13.8 Å². The number of nitrogens with zero attached hydrogens (tertiary/aromatic N) is 1. The van der Waals surface area contributed by atoms with Crippen molar-refractivity contribution in [3.63, 3.8) is 0 Å². The number of aliphatic hydroxyl groups is 1. The summed E-state index contributed by atoms with van der Waals surface area (Å²) in [5.74, 6) is 0. The van der Waals surface area contributed by atoms with Crippen molar-refractivity contribution in [2.24, 2.45) is 5.41 Å². The molecular weight excluding hydrogens is 178 g/mol. The van der Waals surface area contributed by atoms with Crippen molar-refractivity contribution in [3.05, 3.63) is 0 Å². The molecule has 0 aliphatic carbocycles. The molecular formula is C11H23NO2. The molecule has 0 fully saturated rings. The Morgan fingerprint density at radius 3 is 2.43 bits per heavy atom. The van der Waals surface area contributed by atoms with E-state index in [1.54, 1.807) is 0 Å². The normalized spacial score (nSPS) is 15.5. The van der Waals surface area contributed by atoms with Crippen molar-refractivity contribution in [2.75, 3.05) is 26.2 Å². The van der Waals surface area contributed by atoms with E-state index in [1.165, 1.54) is 0 Å². The highest BCUT2D eigenvalue weighted by Crippen LogP contribution is 2.19. The largest absolute Gasteiger partial charge is 0.396 e. The minimum Gasteiger partial charge on any atom is -0.396 e. The smallest absolute Gasteiger partial charge is 0.127 e. The lowest BCUT2D eigenvalue weighted by molar-refractivity contribution is -0.116. The number of aldehydes is 1. The first kappa shape index (κ1) is 13.6. The number of carbonyl (C=O) groups excluding carboxylic acids is 1. The van der Waals surface area contributed by atoms with Crippen LogP contribution in [-0.4, -0.2) is 42.5 Å². The van der Waals surface area contributed by atoms with Crippen LogP contribution in [0.3, 0.4) is 0 Å². The third-order valence-electron chi connectivity index (χ3n) is 2.76. The molecule has 0 aromatic heterocycles. The fraction of sp³-hybridized carbons (Fsp3) is 0.909. The van der Waals surface area contributed by atoms with Crippen molar-refractivity contribution < 1.29 is 9.90 Å². The third kappa shape index (κ3) is 4.72. The Balaban J connectivity index is 4.07. The van der Waals surface area contributed by atoms with Crippen LogP contribution in [0, 0.1) is 5.41 Å². The molecule has 0 saturated carbocycles. The summed E-state index contributed by atoms with van der Waals surface area (Å²) in [5.41, 5.74) is -0.231. The van der Waals surface area contributed by atoms with Crippen LogP contribution in [0.25, 0.3) is 0 Å². The molecule has 1 N–H and O–H groups in total. The van der Waals surface area contributed by atoms with Gasteiger partial charge in [0.1, 0.15) is 6.29 Å². The molecule has 0 radical (unpaired) electrons. The number of hydrogen-bond acceptors (Lipinski definition) is 3. The number of aliphatic hydroxyl groups excluding tert-OH is 1. The molecule has 0 aromatic carbocycles. The van der Waals surface area contributed by atoms with Crippen LogP contribution in [0.1, 0.15) is 33.6 Å². The average molecular weight is 201 g/mol. The van der Waals surface area contributed by atoms with Gasteiger partial charge in [-0.1, -0.05) is 20.8 Å². The Morgan fingerprint density at radius 1 is 1.43 bits per heavy atom. The Kier molecular flexibility index (Phi) is 6.75. The van der Waals surface area contributed by atoms with E-state index in [0.717, 1.165) is 38.8 Å². The summed E-state index contributed by atoms with van der Waals surface area (Å²) >= 11 is 0. The zero-order valence-electron chi connectivity index (χ0n) is 9.62. The summed E-state index contributed by atoms with van der Waals surface area (Å²) in [5, 5.41) is 8.73. The van der Waals surface area contributed by atoms with E-state index in [2.05, 4.69) is 11.8 Å². The standard InChI is InChI=1S/C11H23NO2/c1-4-11(3,10-14)9-12(5-2)7-6-8-13/h10,13H,4-9H2,1-3H3. The fourth-order valence-electron chi connectivity index (χ4n) is 1.39. The van der Waals surface area contributed by atoms with Crippen molar-refractivity contribution in [1.29, 1.82) is 0 Å². The summed E-state index contributed by atoms with van der Waals surface area (Å²) in [4.78, 5) is 13.1. The summed E-state index contributed by atoms with van der Waals surface area (Å²) < 4.78 is 0. The van der Waals surface area contributed by atoms with Gasteiger partial charge in [-0.2, -0.15) is 0 Å². The van der Waals surface area contributed by atoms with Gasteiger partial charge in [-0.25, -0.2) is 0 Å². The first-order chi connectivity index (χ1) is 6.61. The molecule has 3 nitrogen and oxygen atoms in total. The maximum Gasteiger partial charge on any atom is 0.127 e. The first-order valence-electron chi connectivity index (χ1n) is 5.41. The molecule has 0 bridgehead atoms. The highest BCUT2D eigenvalue weighted by Gasteiger charge is 2.23. The van der Waals surface area contributed by atoms with Gasteiger partial charge in [-0.3, -0.25) is 0 Å². The molecule has 1 atom stereocenters. The van der Waals surface area contributed by atoms with Crippen LogP contribution in [0.2, 0.25) is 0 Å². The fourth-order valence-corrected chi connectivity index (χ4v) is 1.39. The van der Waals surface area contributed by atoms with Gasteiger partial charge in [0, 0.05) is 25.1 Å². The van der Waals surface area contributed by atoms with Crippen molar-refractivity contribution in [3.8, 4) is 0 Å². The first-order valence-corrected chi connectivity index (χ1v) is 5.41. The highest BCUT2D eigenvalue weighted by atomic mass is 16.3. The SMILES string of the molecule is CCN(CCCO)CC(C)(C=O)CC. The van der Waals surface area contributed by atoms with E-state index >= 15 is 0 Å². The van der Waals surface area contributed by atoms with E-state index in [4.69, 9.17) is 5.11 Å². The second-order valence-electron chi connectivity index (χ2n) is 4.07. The van der Waals surface area contributed by atoms with Crippen LogP contribution in [-0.2, 0) is 4.79 Å². The Hall–Kier alpha value is -0.410. The van der Waals surface area contributed by atoms with Crippen molar-refractivity contribution in [1.82, 2.24) is 4.90 Å². The maximum absolute atomic E-state index is 10.9. The molecule has 1 unspecified atom stereocenters. The van der Waals surface area contributed by atoms with Crippen molar-refractivity contribution in [2.45, 2.75) is 33.6 Å². The minimum absolute atomic E-state index is 0.223. The van der Waals surface area contributed by atoms with Crippen LogP contribution in [0.15, 0.2) is 0 Å². The van der Waals surface area contributed by atoms with Gasteiger partial charge in [-0.15, -0.1) is 0 Å². The second-order valence-corrected chi connectivity index (χ2v) is 4.07. The van der Waals surface area contributed by atoms with Crippen molar-refractivity contribution >= 4 is 6.29 Å². The van der Waals surface area contributed by atoms with Crippen LogP contribution < -0.4 is 0 Å². The zero-order chi connectivity index (χ0) is 11.0. The van der Waals surface area contributed by atoms with Gasteiger partial charge in [-0.05, 0) is 19.4 Å². The average Bonchev–Trinajstić information content (AvgIpc) is 2.23. The molecule has 0 aromatic rings. The van der Waals surface area contributed by atoms with Gasteiger partial charge in [0.05, 0.1) is 0 Å². The van der Waals surface area contributed by atoms with E-state index in [9.17, 15) is 4.79 Å². The Labute approximate surface area is 87.1 Å². The maximum atomic E-state index is 10.9. The highest BCUT2D eigenvalue weighted by molar-refractivity contribution is 5.58. The van der Waals surface area contributed by atoms with E-state index < -0.39 is 0 Å². The molecule has 0 saturated heterocycles. The summed E-state index contributed by atoms with van der Waals surface area (Å²) in [6, 6.07) is 0. The molecule has 0 amide bonds. The van der Waals surface area contributed by atoms with Gasteiger partial charge in [0.2, 0.25) is 0 Å². The number of hydrogen-bond donors (Lipinski definition) is 1. The van der Waals surface area contributed by atoms with E-state index in [0.29, 0.717) is 0 Å². The molecule has 3 heteroatoms. The second kappa shape index (κ2) is 6.96. The van der Waals surface area contributed by atoms with Gasteiger partial charge < -0.3 is 14.8 Å². The lowest BCUT2D eigenvalue weighted by Gasteiger charge is -2.29. The minimum atomic E-state index is -0.231. The lowest BCUT2D eigenvalue weighted by atomic mass is 9.89. The molecule has 84 valence electrons. The Bertz CT molecular complexity index is 161. The predicted octanol–water partition coefficient (Wildman–Crippen LogP) is 1.31. The number of rotatable bonds is 8.